The van der Waals surface area contributed by atoms with Crippen molar-refractivity contribution in [3.8, 4) is 0 Å². The summed E-state index contributed by atoms with van der Waals surface area (Å²) in [5.41, 5.74) is 0. The zero-order chi connectivity index (χ0) is 11.7. The second kappa shape index (κ2) is 4.76. The first-order valence-corrected chi connectivity index (χ1v) is 11.6. The van der Waals surface area contributed by atoms with E-state index in [0.29, 0.717) is 29.2 Å². The number of hydrogen-bond donors (Lipinski definition) is 0. The van der Waals surface area contributed by atoms with E-state index in [1.807, 2.05) is 0 Å². The predicted molar refractivity (Wildman–Crippen MR) is 69.1 cm³/mol. The molecule has 90 valence electrons. The van der Waals surface area contributed by atoms with E-state index in [4.69, 9.17) is 11.6 Å². The molecule has 1 fully saturated rings. The average molecular weight is 269 g/mol. The topological polar surface area (TPSA) is 34.1 Å². The van der Waals surface area contributed by atoms with Crippen LogP contribution in [-0.2, 0) is 9.84 Å². The summed E-state index contributed by atoms with van der Waals surface area (Å²) in [6, 6.07) is 1.15. The van der Waals surface area contributed by atoms with Crippen molar-refractivity contribution < 1.29 is 8.42 Å². The second-order valence-corrected chi connectivity index (χ2v) is 13.9. The minimum absolute atomic E-state index is 0.319. The molecule has 0 N–H and O–H groups in total. The highest BCUT2D eigenvalue weighted by Crippen LogP contribution is 2.32. The quantitative estimate of drug-likeness (QED) is 0.580. The van der Waals surface area contributed by atoms with Gasteiger partial charge in [-0.1, -0.05) is 25.7 Å². The van der Waals surface area contributed by atoms with Crippen molar-refractivity contribution in [1.29, 1.82) is 0 Å². The molecule has 0 saturated carbocycles. The fourth-order valence-corrected chi connectivity index (χ4v) is 6.84. The molecule has 0 bridgehead atoms. The molecule has 0 aromatic rings. The van der Waals surface area contributed by atoms with Gasteiger partial charge in [0.05, 0.1) is 11.5 Å². The van der Waals surface area contributed by atoms with Gasteiger partial charge in [-0.15, -0.1) is 11.6 Å². The predicted octanol–water partition coefficient (Wildman–Crippen LogP) is 2.61. The Labute approximate surface area is 99.3 Å². The maximum atomic E-state index is 11.4. The minimum Gasteiger partial charge on any atom is -0.229 e. The third-order valence-electron chi connectivity index (χ3n) is 3.01. The number of hydrogen-bond acceptors (Lipinski definition) is 2. The van der Waals surface area contributed by atoms with Gasteiger partial charge >= 0.3 is 0 Å². The molecule has 0 aromatic heterocycles. The molecule has 0 aliphatic carbocycles. The summed E-state index contributed by atoms with van der Waals surface area (Å²) in [5.74, 6) is 2.09. The van der Waals surface area contributed by atoms with Crippen molar-refractivity contribution in [2.45, 2.75) is 32.1 Å². The lowest BCUT2D eigenvalue weighted by atomic mass is 9.95. The van der Waals surface area contributed by atoms with Gasteiger partial charge < -0.3 is 0 Å². The smallest absolute Gasteiger partial charge is 0.150 e. The van der Waals surface area contributed by atoms with Crippen molar-refractivity contribution in [2.24, 2.45) is 11.8 Å². The third kappa shape index (κ3) is 4.45. The number of halogens is 1. The third-order valence-corrected chi connectivity index (χ3v) is 6.95. The number of alkyl halides is 1. The van der Waals surface area contributed by atoms with E-state index in [9.17, 15) is 8.42 Å². The Morgan fingerprint density at radius 2 is 2.00 bits per heavy atom. The molecule has 1 rings (SSSR count). The molecule has 0 radical (unpaired) electrons. The van der Waals surface area contributed by atoms with Gasteiger partial charge in [0.25, 0.3) is 0 Å². The molecular formula is C10H21ClO2SSi. The normalized spacial score (nSPS) is 27.9. The fraction of sp³-hybridized carbons (Fsp3) is 1.00. The first-order valence-electron chi connectivity index (χ1n) is 5.50. The lowest BCUT2D eigenvalue weighted by Crippen LogP contribution is -2.29. The maximum absolute atomic E-state index is 11.4. The van der Waals surface area contributed by atoms with Crippen LogP contribution in [0.1, 0.15) is 6.42 Å². The molecule has 2 nitrogen and oxygen atoms in total. The molecule has 2 atom stereocenters. The van der Waals surface area contributed by atoms with E-state index in [-0.39, 0.29) is 0 Å². The second-order valence-electron chi connectivity index (χ2n) is 5.84. The monoisotopic (exact) mass is 268 g/mol. The van der Waals surface area contributed by atoms with Crippen molar-refractivity contribution in [1.82, 2.24) is 0 Å². The molecule has 1 aliphatic rings. The minimum atomic E-state index is -2.75. The Morgan fingerprint density at radius 1 is 1.40 bits per heavy atom. The molecule has 0 amide bonds. The molecule has 0 aromatic carbocycles. The summed E-state index contributed by atoms with van der Waals surface area (Å²) < 4.78 is 22.8. The highest BCUT2D eigenvalue weighted by atomic mass is 35.5. The Balaban J connectivity index is 2.61. The van der Waals surface area contributed by atoms with Gasteiger partial charge in [0.1, 0.15) is 0 Å². The van der Waals surface area contributed by atoms with E-state index in [1.165, 1.54) is 0 Å². The molecule has 1 saturated heterocycles. The molecule has 2 unspecified atom stereocenters. The standard InChI is InChI=1S/C10H21ClO2SSi/c1-15(2,3)8-10(6-11)9-4-5-14(12,13)7-9/h9-10H,4-8H2,1-3H3. The van der Waals surface area contributed by atoms with Gasteiger partial charge in [-0.3, -0.25) is 0 Å². The van der Waals surface area contributed by atoms with Crippen LogP contribution in [0.4, 0.5) is 0 Å². The molecule has 5 heteroatoms. The first kappa shape index (κ1) is 13.5. The summed E-state index contributed by atoms with van der Waals surface area (Å²) >= 11 is 5.97. The van der Waals surface area contributed by atoms with Crippen LogP contribution in [0.3, 0.4) is 0 Å². The molecule has 15 heavy (non-hydrogen) atoms. The van der Waals surface area contributed by atoms with Crippen LogP contribution in [0.15, 0.2) is 0 Å². The van der Waals surface area contributed by atoms with Gasteiger partial charge in [0.2, 0.25) is 0 Å². The highest BCUT2D eigenvalue weighted by molar-refractivity contribution is 7.91. The fourth-order valence-electron chi connectivity index (χ4n) is 2.33. The van der Waals surface area contributed by atoms with E-state index in [0.717, 1.165) is 12.5 Å². The van der Waals surface area contributed by atoms with Crippen molar-refractivity contribution in [3.05, 3.63) is 0 Å². The number of sulfone groups is 1. The zero-order valence-corrected chi connectivity index (χ0v) is 12.4. The summed E-state index contributed by atoms with van der Waals surface area (Å²) in [6.45, 7) is 6.95. The Bertz CT molecular complexity index is 308. The molecule has 0 spiro atoms. The van der Waals surface area contributed by atoms with Crippen LogP contribution in [-0.4, -0.2) is 33.9 Å². The van der Waals surface area contributed by atoms with Crippen LogP contribution in [0.5, 0.6) is 0 Å². The molecular weight excluding hydrogens is 248 g/mol. The average Bonchev–Trinajstić information content (AvgIpc) is 2.40. The van der Waals surface area contributed by atoms with Crippen molar-refractivity contribution in [3.63, 3.8) is 0 Å². The maximum Gasteiger partial charge on any atom is 0.150 e. The van der Waals surface area contributed by atoms with Crippen molar-refractivity contribution >= 4 is 29.5 Å². The SMILES string of the molecule is C[Si](C)(C)CC(CCl)C1CCS(=O)(=O)C1. The van der Waals surface area contributed by atoms with Crippen molar-refractivity contribution in [2.75, 3.05) is 17.4 Å². The first-order chi connectivity index (χ1) is 6.73. The van der Waals surface area contributed by atoms with Crippen LogP contribution >= 0.6 is 11.6 Å². The lowest BCUT2D eigenvalue weighted by Gasteiger charge is -2.26. The Hall–Kier alpha value is 0.457. The van der Waals surface area contributed by atoms with Gasteiger partial charge in [0, 0.05) is 14.0 Å². The Kier molecular flexibility index (Phi) is 4.29. The van der Waals surface area contributed by atoms with E-state index in [2.05, 4.69) is 19.6 Å². The summed E-state index contributed by atoms with van der Waals surface area (Å²) in [4.78, 5) is 0. The van der Waals surface area contributed by atoms with Crippen LogP contribution in [0.2, 0.25) is 25.7 Å². The van der Waals surface area contributed by atoms with Gasteiger partial charge in [0.15, 0.2) is 9.84 Å². The van der Waals surface area contributed by atoms with Crippen LogP contribution in [0, 0.1) is 11.8 Å². The summed E-state index contributed by atoms with van der Waals surface area (Å²) in [7, 11) is -3.88. The van der Waals surface area contributed by atoms with Gasteiger partial charge in [-0.2, -0.15) is 0 Å². The van der Waals surface area contributed by atoms with Gasteiger partial charge in [-0.05, 0) is 18.3 Å². The lowest BCUT2D eigenvalue weighted by molar-refractivity contribution is 0.428. The Morgan fingerprint density at radius 3 is 2.33 bits per heavy atom. The summed E-state index contributed by atoms with van der Waals surface area (Å²) in [6.07, 6.45) is 0.824. The van der Waals surface area contributed by atoms with Gasteiger partial charge in [-0.25, -0.2) is 8.42 Å². The van der Waals surface area contributed by atoms with Crippen LogP contribution in [0.25, 0.3) is 0 Å². The largest absolute Gasteiger partial charge is 0.229 e. The van der Waals surface area contributed by atoms with E-state index >= 15 is 0 Å². The number of rotatable bonds is 4. The highest BCUT2D eigenvalue weighted by Gasteiger charge is 2.35. The zero-order valence-electron chi connectivity index (χ0n) is 9.79. The van der Waals surface area contributed by atoms with E-state index < -0.39 is 17.9 Å². The molecule has 1 aliphatic heterocycles. The summed E-state index contributed by atoms with van der Waals surface area (Å²) in [5, 5.41) is 0. The van der Waals surface area contributed by atoms with E-state index in [1.54, 1.807) is 0 Å². The van der Waals surface area contributed by atoms with Crippen LogP contribution < -0.4 is 0 Å². The molecule has 1 heterocycles.